The van der Waals surface area contributed by atoms with Gasteiger partial charge in [0, 0.05) is 13.3 Å². The first-order valence-corrected chi connectivity index (χ1v) is 7.75. The van der Waals surface area contributed by atoms with E-state index in [0.717, 1.165) is 5.56 Å². The van der Waals surface area contributed by atoms with Gasteiger partial charge in [-0.3, -0.25) is 14.4 Å². The van der Waals surface area contributed by atoms with Crippen LogP contribution in [-0.2, 0) is 20.8 Å². The van der Waals surface area contributed by atoms with Crippen molar-refractivity contribution in [2.75, 3.05) is 7.11 Å². The highest BCUT2D eigenvalue weighted by Crippen LogP contribution is 2.19. The van der Waals surface area contributed by atoms with Crippen molar-refractivity contribution in [1.29, 1.82) is 0 Å². The number of hydrogen-bond donors (Lipinski definition) is 3. The Morgan fingerprint density at radius 2 is 1.79 bits per heavy atom. The van der Waals surface area contributed by atoms with Gasteiger partial charge in [0.1, 0.15) is 17.8 Å². The van der Waals surface area contributed by atoms with Gasteiger partial charge in [-0.15, -0.1) is 0 Å². The zero-order valence-electron chi connectivity index (χ0n) is 14.5. The number of ether oxygens (including phenoxy) is 1. The van der Waals surface area contributed by atoms with Crippen LogP contribution >= 0.6 is 0 Å². The van der Waals surface area contributed by atoms with E-state index in [0.29, 0.717) is 5.75 Å². The van der Waals surface area contributed by atoms with E-state index in [1.807, 2.05) is 12.1 Å². The van der Waals surface area contributed by atoms with Crippen LogP contribution in [0.25, 0.3) is 0 Å². The molecule has 7 heteroatoms. The van der Waals surface area contributed by atoms with Crippen molar-refractivity contribution in [3.8, 4) is 5.75 Å². The molecule has 0 saturated heterocycles. The molecule has 24 heavy (non-hydrogen) atoms. The van der Waals surface area contributed by atoms with Crippen molar-refractivity contribution in [3.05, 3.63) is 29.8 Å². The Morgan fingerprint density at radius 1 is 1.17 bits per heavy atom. The lowest BCUT2D eigenvalue weighted by Crippen LogP contribution is -2.55. The maximum Gasteiger partial charge on any atom is 0.243 e. The van der Waals surface area contributed by atoms with Crippen molar-refractivity contribution < 1.29 is 19.1 Å². The van der Waals surface area contributed by atoms with E-state index in [4.69, 9.17) is 10.5 Å². The molecule has 2 atom stereocenters. The number of rotatable bonds is 8. The van der Waals surface area contributed by atoms with E-state index in [9.17, 15) is 14.4 Å². The first-order valence-electron chi connectivity index (χ1n) is 7.75. The molecule has 0 aliphatic heterocycles. The third-order valence-electron chi connectivity index (χ3n) is 3.58. The fourth-order valence-electron chi connectivity index (χ4n) is 2.33. The highest BCUT2D eigenvalue weighted by atomic mass is 16.5. The maximum atomic E-state index is 12.4. The number of benzene rings is 1. The average Bonchev–Trinajstić information content (AvgIpc) is 2.51. The van der Waals surface area contributed by atoms with Crippen LogP contribution in [0.1, 0.15) is 26.3 Å². The topological polar surface area (TPSA) is 111 Å². The Balaban J connectivity index is 2.90. The van der Waals surface area contributed by atoms with Crippen molar-refractivity contribution in [2.24, 2.45) is 11.7 Å². The second kappa shape index (κ2) is 8.90. The second-order valence-electron chi connectivity index (χ2n) is 5.90. The molecule has 0 unspecified atom stereocenters. The van der Waals surface area contributed by atoms with Gasteiger partial charge in [0.2, 0.25) is 17.7 Å². The second-order valence-corrected chi connectivity index (χ2v) is 5.90. The number of hydrogen-bond acceptors (Lipinski definition) is 4. The third kappa shape index (κ3) is 5.57. The molecule has 0 radical (unpaired) electrons. The van der Waals surface area contributed by atoms with E-state index < -0.39 is 23.9 Å². The van der Waals surface area contributed by atoms with Gasteiger partial charge in [-0.25, -0.2) is 0 Å². The molecule has 0 bridgehead atoms. The Bertz CT molecular complexity index is 601. The van der Waals surface area contributed by atoms with Crippen molar-refractivity contribution in [3.63, 3.8) is 0 Å². The minimum atomic E-state index is -0.899. The third-order valence-corrected chi connectivity index (χ3v) is 3.58. The molecule has 0 spiro atoms. The largest absolute Gasteiger partial charge is 0.496 e. The van der Waals surface area contributed by atoms with Gasteiger partial charge in [-0.2, -0.15) is 0 Å². The number of amides is 3. The van der Waals surface area contributed by atoms with Gasteiger partial charge < -0.3 is 21.1 Å². The van der Waals surface area contributed by atoms with E-state index in [1.54, 1.807) is 26.0 Å². The molecule has 4 N–H and O–H groups in total. The molecule has 0 saturated carbocycles. The van der Waals surface area contributed by atoms with E-state index >= 15 is 0 Å². The van der Waals surface area contributed by atoms with Gasteiger partial charge in [-0.05, 0) is 17.5 Å². The smallest absolute Gasteiger partial charge is 0.243 e. The zero-order chi connectivity index (χ0) is 18.3. The zero-order valence-corrected chi connectivity index (χ0v) is 14.5. The number of nitrogens with one attached hydrogen (secondary N) is 2. The Labute approximate surface area is 141 Å². The molecule has 1 aromatic carbocycles. The first kappa shape index (κ1) is 19.5. The molecule has 1 rings (SSSR count). The molecule has 132 valence electrons. The monoisotopic (exact) mass is 335 g/mol. The maximum absolute atomic E-state index is 12.4. The summed E-state index contributed by atoms with van der Waals surface area (Å²) in [5.74, 6) is -0.934. The van der Waals surface area contributed by atoms with Crippen molar-refractivity contribution in [2.45, 2.75) is 39.3 Å². The summed E-state index contributed by atoms with van der Waals surface area (Å²) in [7, 11) is 1.53. The van der Waals surface area contributed by atoms with Crippen molar-refractivity contribution >= 4 is 17.7 Å². The van der Waals surface area contributed by atoms with Crippen LogP contribution in [0.3, 0.4) is 0 Å². The summed E-state index contributed by atoms with van der Waals surface area (Å²) in [5.41, 5.74) is 6.17. The summed E-state index contributed by atoms with van der Waals surface area (Å²) in [4.78, 5) is 35.4. The summed E-state index contributed by atoms with van der Waals surface area (Å²) in [6.45, 7) is 4.95. The molecular formula is C17H25N3O4. The Morgan fingerprint density at radius 3 is 2.29 bits per heavy atom. The van der Waals surface area contributed by atoms with Gasteiger partial charge in [0.05, 0.1) is 7.11 Å². The summed E-state index contributed by atoms with van der Waals surface area (Å²) < 4.78 is 5.25. The van der Waals surface area contributed by atoms with E-state index in [2.05, 4.69) is 10.6 Å². The normalized spacial score (nSPS) is 13.0. The molecule has 0 fully saturated rings. The number of methoxy groups -OCH3 is 1. The Hall–Kier alpha value is -2.57. The SMILES string of the molecule is COc1ccccc1C[C@@H](NC(=O)[C@H](NC(C)=O)C(C)C)C(N)=O. The first-order chi connectivity index (χ1) is 11.3. The van der Waals surface area contributed by atoms with Gasteiger partial charge in [0.25, 0.3) is 0 Å². The van der Waals surface area contributed by atoms with Crippen LogP contribution in [0.5, 0.6) is 5.75 Å². The van der Waals surface area contributed by atoms with Gasteiger partial charge in [-0.1, -0.05) is 32.0 Å². The summed E-state index contributed by atoms with van der Waals surface area (Å²) in [6.07, 6.45) is 0.204. The summed E-state index contributed by atoms with van der Waals surface area (Å²) in [6, 6.07) is 5.56. The summed E-state index contributed by atoms with van der Waals surface area (Å²) >= 11 is 0. The van der Waals surface area contributed by atoms with Crippen LogP contribution in [0.4, 0.5) is 0 Å². The minimum Gasteiger partial charge on any atom is -0.496 e. The lowest BCUT2D eigenvalue weighted by atomic mass is 10.0. The van der Waals surface area contributed by atoms with Crippen LogP contribution < -0.4 is 21.1 Å². The average molecular weight is 335 g/mol. The molecule has 0 aliphatic carbocycles. The molecule has 7 nitrogen and oxygen atoms in total. The molecule has 0 aliphatic rings. The van der Waals surface area contributed by atoms with Crippen LogP contribution in [-0.4, -0.2) is 36.9 Å². The number of carbonyl (C=O) groups excluding carboxylic acids is 3. The van der Waals surface area contributed by atoms with Crippen molar-refractivity contribution in [1.82, 2.24) is 10.6 Å². The molecule has 1 aromatic rings. The fourth-order valence-corrected chi connectivity index (χ4v) is 2.33. The van der Waals surface area contributed by atoms with E-state index in [1.165, 1.54) is 14.0 Å². The molecular weight excluding hydrogens is 310 g/mol. The fraction of sp³-hybridized carbons (Fsp3) is 0.471. The highest BCUT2D eigenvalue weighted by Gasteiger charge is 2.27. The number of primary amides is 1. The summed E-state index contributed by atoms with van der Waals surface area (Å²) in [5, 5.41) is 5.20. The Kier molecular flexibility index (Phi) is 7.23. The van der Waals surface area contributed by atoms with Gasteiger partial charge >= 0.3 is 0 Å². The lowest BCUT2D eigenvalue weighted by Gasteiger charge is -2.24. The van der Waals surface area contributed by atoms with Crippen LogP contribution in [0.2, 0.25) is 0 Å². The number of para-hydroxylation sites is 1. The van der Waals surface area contributed by atoms with Crippen LogP contribution in [0.15, 0.2) is 24.3 Å². The molecule has 3 amide bonds. The predicted octanol–water partition coefficient (Wildman–Crippen LogP) is 0.369. The quantitative estimate of drug-likeness (QED) is 0.637. The minimum absolute atomic E-state index is 0.131. The predicted molar refractivity (Wildman–Crippen MR) is 90.3 cm³/mol. The molecule has 0 heterocycles. The lowest BCUT2D eigenvalue weighted by molar-refractivity contribution is -0.131. The number of nitrogens with two attached hydrogens (primary N) is 1. The number of carbonyl (C=O) groups is 3. The van der Waals surface area contributed by atoms with Gasteiger partial charge in [0.15, 0.2) is 0 Å². The van der Waals surface area contributed by atoms with E-state index in [-0.39, 0.29) is 18.2 Å². The molecule has 0 aromatic heterocycles. The standard InChI is InChI=1S/C17H25N3O4/c1-10(2)15(19-11(3)21)17(23)20-13(16(18)22)9-12-7-5-6-8-14(12)24-4/h5-8,10,13,15H,9H2,1-4H3,(H2,18,22)(H,19,21)(H,20,23)/t13-,15-/m1/s1. The van der Waals surface area contributed by atoms with Crippen LogP contribution in [0, 0.1) is 5.92 Å². The highest BCUT2D eigenvalue weighted by molar-refractivity contribution is 5.91.